The molecule has 1 aromatic carbocycles. The second kappa shape index (κ2) is 5.21. The van der Waals surface area contributed by atoms with E-state index in [9.17, 15) is 9.18 Å². The highest BCUT2D eigenvalue weighted by atomic mass is 32.1. The zero-order valence-corrected chi connectivity index (χ0v) is 12.1. The van der Waals surface area contributed by atoms with Crippen LogP contribution in [0, 0.1) is 5.82 Å². The van der Waals surface area contributed by atoms with Gasteiger partial charge in [0.2, 0.25) is 0 Å². The molecule has 0 spiro atoms. The molecule has 0 unspecified atom stereocenters. The van der Waals surface area contributed by atoms with Crippen LogP contribution in [0.25, 0.3) is 0 Å². The lowest BCUT2D eigenvalue weighted by molar-refractivity contribution is 0.0989. The molecule has 0 radical (unpaired) electrons. The summed E-state index contributed by atoms with van der Waals surface area (Å²) in [5.41, 5.74) is 1.07. The van der Waals surface area contributed by atoms with Gasteiger partial charge in [-0.25, -0.2) is 9.37 Å². The number of carbonyl (C=O) groups is 1. The Balaban J connectivity index is 2.16. The average molecular weight is 277 g/mol. The van der Waals surface area contributed by atoms with Crippen LogP contribution in [0.4, 0.5) is 4.39 Å². The van der Waals surface area contributed by atoms with Crippen molar-refractivity contribution in [1.29, 1.82) is 0 Å². The van der Waals surface area contributed by atoms with Gasteiger partial charge in [0, 0.05) is 10.8 Å². The Bertz CT molecular complexity index is 598. The van der Waals surface area contributed by atoms with E-state index >= 15 is 0 Å². The molecule has 1 heterocycles. The topological polar surface area (TPSA) is 30.0 Å². The van der Waals surface area contributed by atoms with E-state index in [-0.39, 0.29) is 23.2 Å². The van der Waals surface area contributed by atoms with Crippen LogP contribution in [0.3, 0.4) is 0 Å². The van der Waals surface area contributed by atoms with Gasteiger partial charge in [0.1, 0.15) is 10.8 Å². The molecule has 0 aliphatic carbocycles. The smallest absolute Gasteiger partial charge is 0.172 e. The number of halogens is 1. The molecule has 2 nitrogen and oxygen atoms in total. The summed E-state index contributed by atoms with van der Waals surface area (Å²) in [6, 6.07) is 6.05. The molecule has 19 heavy (non-hydrogen) atoms. The van der Waals surface area contributed by atoms with E-state index in [0.717, 1.165) is 10.7 Å². The van der Waals surface area contributed by atoms with Crippen LogP contribution >= 0.6 is 11.3 Å². The Morgan fingerprint density at radius 1 is 1.32 bits per heavy atom. The first kappa shape index (κ1) is 13.9. The Kier molecular flexibility index (Phi) is 3.80. The molecule has 0 saturated heterocycles. The minimum Gasteiger partial charge on any atom is -0.294 e. The van der Waals surface area contributed by atoms with Crippen molar-refractivity contribution in [3.63, 3.8) is 0 Å². The van der Waals surface area contributed by atoms with Crippen molar-refractivity contribution in [2.75, 3.05) is 0 Å². The van der Waals surface area contributed by atoms with Crippen LogP contribution in [-0.4, -0.2) is 10.8 Å². The van der Waals surface area contributed by atoms with Gasteiger partial charge in [0.15, 0.2) is 5.78 Å². The lowest BCUT2D eigenvalue weighted by Gasteiger charge is -2.14. The Labute approximate surface area is 116 Å². The highest BCUT2D eigenvalue weighted by Gasteiger charge is 2.19. The third-order valence-electron chi connectivity index (χ3n) is 2.81. The van der Waals surface area contributed by atoms with Crippen LogP contribution in [0.1, 0.15) is 41.8 Å². The van der Waals surface area contributed by atoms with Crippen molar-refractivity contribution in [3.8, 4) is 0 Å². The molecule has 2 rings (SSSR count). The lowest BCUT2D eigenvalue weighted by atomic mass is 9.93. The molecule has 0 saturated carbocycles. The minimum absolute atomic E-state index is 0.0319. The van der Waals surface area contributed by atoms with E-state index in [4.69, 9.17) is 0 Å². The van der Waals surface area contributed by atoms with E-state index in [1.165, 1.54) is 23.5 Å². The van der Waals surface area contributed by atoms with Gasteiger partial charge in [0.25, 0.3) is 0 Å². The predicted octanol–water partition coefficient (Wildman–Crippen LogP) is 4.01. The van der Waals surface area contributed by atoms with Crippen LogP contribution in [0.2, 0.25) is 0 Å². The number of hydrogen-bond acceptors (Lipinski definition) is 3. The van der Waals surface area contributed by atoms with Gasteiger partial charge in [-0.2, -0.15) is 0 Å². The molecule has 0 bridgehead atoms. The molecule has 4 heteroatoms. The molecule has 0 aliphatic heterocycles. The third kappa shape index (κ3) is 3.26. The lowest BCUT2D eigenvalue weighted by Crippen LogP contribution is -2.12. The molecule has 2 aromatic rings. The molecule has 1 aromatic heterocycles. The number of nitrogens with zero attached hydrogens (tertiary/aromatic N) is 1. The van der Waals surface area contributed by atoms with Crippen molar-refractivity contribution < 1.29 is 9.18 Å². The number of aromatic nitrogens is 1. The number of benzene rings is 1. The van der Waals surface area contributed by atoms with Gasteiger partial charge in [-0.3, -0.25) is 4.79 Å². The normalized spacial score (nSPS) is 11.6. The molecule has 100 valence electrons. The van der Waals surface area contributed by atoms with Gasteiger partial charge in [-0.05, 0) is 12.1 Å². The van der Waals surface area contributed by atoms with Gasteiger partial charge < -0.3 is 0 Å². The number of ketones is 1. The Morgan fingerprint density at radius 3 is 2.58 bits per heavy atom. The zero-order valence-electron chi connectivity index (χ0n) is 11.2. The summed E-state index contributed by atoms with van der Waals surface area (Å²) in [6.45, 7) is 6.22. The number of hydrogen-bond donors (Lipinski definition) is 0. The predicted molar refractivity (Wildman–Crippen MR) is 75.2 cm³/mol. The van der Waals surface area contributed by atoms with Crippen LogP contribution in [-0.2, 0) is 11.8 Å². The Morgan fingerprint density at radius 2 is 2.00 bits per heavy atom. The second-order valence-electron chi connectivity index (χ2n) is 5.46. The van der Waals surface area contributed by atoms with Crippen molar-refractivity contribution in [2.45, 2.75) is 32.6 Å². The molecular formula is C15H16FNOS. The van der Waals surface area contributed by atoms with Gasteiger partial charge in [-0.1, -0.05) is 32.9 Å². The van der Waals surface area contributed by atoms with Crippen LogP contribution in [0.5, 0.6) is 0 Å². The van der Waals surface area contributed by atoms with Gasteiger partial charge in [0.05, 0.1) is 17.7 Å². The first-order chi connectivity index (χ1) is 8.88. The fourth-order valence-electron chi connectivity index (χ4n) is 1.66. The molecule has 0 atom stereocenters. The van der Waals surface area contributed by atoms with E-state index in [1.54, 1.807) is 12.1 Å². The van der Waals surface area contributed by atoms with Gasteiger partial charge in [-0.15, -0.1) is 11.3 Å². The molecule has 0 amide bonds. The van der Waals surface area contributed by atoms with E-state index in [0.29, 0.717) is 0 Å². The second-order valence-corrected chi connectivity index (χ2v) is 6.40. The summed E-state index contributed by atoms with van der Waals surface area (Å²) in [6.07, 6.45) is 0.154. The fraction of sp³-hybridized carbons (Fsp3) is 0.333. The summed E-state index contributed by atoms with van der Waals surface area (Å²) in [7, 11) is 0. The SMILES string of the molecule is CC(C)(C)c1csc(CC(=O)c2ccccc2F)n1. The number of carbonyl (C=O) groups excluding carboxylic acids is 1. The molecule has 0 aliphatic rings. The quantitative estimate of drug-likeness (QED) is 0.794. The highest BCUT2D eigenvalue weighted by molar-refractivity contribution is 7.09. The summed E-state index contributed by atoms with van der Waals surface area (Å²) >= 11 is 1.45. The maximum absolute atomic E-state index is 13.5. The van der Waals surface area contributed by atoms with E-state index in [2.05, 4.69) is 25.8 Å². The first-order valence-electron chi connectivity index (χ1n) is 6.10. The summed E-state index contributed by atoms with van der Waals surface area (Å²) in [5, 5.41) is 2.70. The number of Topliss-reactive ketones (excluding diaryl/α,β-unsaturated/α-hetero) is 1. The van der Waals surface area contributed by atoms with Crippen molar-refractivity contribution in [2.24, 2.45) is 0 Å². The van der Waals surface area contributed by atoms with Gasteiger partial charge >= 0.3 is 0 Å². The maximum atomic E-state index is 13.5. The maximum Gasteiger partial charge on any atom is 0.172 e. The minimum atomic E-state index is -0.472. The summed E-state index contributed by atoms with van der Waals surface area (Å²) < 4.78 is 13.5. The monoisotopic (exact) mass is 277 g/mol. The highest BCUT2D eigenvalue weighted by Crippen LogP contribution is 2.24. The summed E-state index contributed by atoms with van der Waals surface area (Å²) in [4.78, 5) is 16.5. The van der Waals surface area contributed by atoms with E-state index in [1.807, 2.05) is 5.38 Å². The standard InChI is InChI=1S/C15H16FNOS/c1-15(2,3)13-9-19-14(17-13)8-12(18)10-6-4-5-7-11(10)16/h4-7,9H,8H2,1-3H3. The largest absolute Gasteiger partial charge is 0.294 e. The third-order valence-corrected chi connectivity index (χ3v) is 3.66. The van der Waals surface area contributed by atoms with Crippen molar-refractivity contribution in [1.82, 2.24) is 4.98 Å². The zero-order chi connectivity index (χ0) is 14.0. The average Bonchev–Trinajstić information content (AvgIpc) is 2.77. The molecular weight excluding hydrogens is 261 g/mol. The fourth-order valence-corrected chi connectivity index (χ4v) is 2.68. The number of rotatable bonds is 3. The van der Waals surface area contributed by atoms with Crippen LogP contribution in [0.15, 0.2) is 29.6 Å². The molecule has 0 N–H and O–H groups in total. The first-order valence-corrected chi connectivity index (χ1v) is 6.98. The molecule has 0 fully saturated rings. The summed E-state index contributed by atoms with van der Waals surface area (Å²) in [5.74, 6) is -0.701. The Hall–Kier alpha value is -1.55. The number of thiazole rings is 1. The van der Waals surface area contributed by atoms with E-state index < -0.39 is 5.82 Å². The van der Waals surface area contributed by atoms with Crippen LogP contribution < -0.4 is 0 Å². The van der Waals surface area contributed by atoms with Crippen molar-refractivity contribution in [3.05, 3.63) is 51.7 Å². The van der Waals surface area contributed by atoms with Crippen molar-refractivity contribution >= 4 is 17.1 Å².